The number of likely N-dealkylation sites (tertiary alicyclic amines) is 1. The van der Waals surface area contributed by atoms with Crippen LogP contribution in [-0.2, 0) is 9.59 Å². The molecule has 0 aromatic carbocycles. The Balaban J connectivity index is 1.35. The number of hydrogen-bond donors (Lipinski definition) is 0. The van der Waals surface area contributed by atoms with Crippen molar-refractivity contribution in [1.82, 2.24) is 19.8 Å². The van der Waals surface area contributed by atoms with Gasteiger partial charge in [-0.15, -0.1) is 0 Å². The minimum atomic E-state index is -0.146. The summed E-state index contributed by atoms with van der Waals surface area (Å²) in [6.45, 7) is 9.52. The largest absolute Gasteiger partial charge is 0.338 e. The van der Waals surface area contributed by atoms with Crippen LogP contribution in [0.5, 0.6) is 0 Å². The van der Waals surface area contributed by atoms with E-state index in [0.717, 1.165) is 57.9 Å². The molecule has 7 nitrogen and oxygen atoms in total. The lowest BCUT2D eigenvalue weighted by Crippen LogP contribution is -2.48. The zero-order valence-corrected chi connectivity index (χ0v) is 16.6. The summed E-state index contributed by atoms with van der Waals surface area (Å²) in [6.07, 6.45) is 7.31. The maximum Gasteiger partial charge on any atom is 0.229 e. The highest BCUT2D eigenvalue weighted by molar-refractivity contribution is 5.98. The van der Waals surface area contributed by atoms with Crippen LogP contribution in [0.25, 0.3) is 0 Å². The summed E-state index contributed by atoms with van der Waals surface area (Å²) >= 11 is 0. The lowest BCUT2D eigenvalue weighted by molar-refractivity contribution is -0.153. The van der Waals surface area contributed by atoms with Gasteiger partial charge in [0, 0.05) is 58.0 Å². The summed E-state index contributed by atoms with van der Waals surface area (Å²) in [7, 11) is 0. The van der Waals surface area contributed by atoms with Crippen LogP contribution >= 0.6 is 0 Å². The topological polar surface area (TPSA) is 69.6 Å². The SMILES string of the molecule is CCC1(C)CC(=O)N(CCCCN2CCN(c3ncccn3)CC2)C(=O)C1. The molecule has 0 saturated carbocycles. The summed E-state index contributed by atoms with van der Waals surface area (Å²) in [5.74, 6) is 0.817. The van der Waals surface area contributed by atoms with Crippen molar-refractivity contribution in [2.24, 2.45) is 5.41 Å². The van der Waals surface area contributed by atoms with Gasteiger partial charge in [-0.05, 0) is 37.3 Å². The fourth-order valence-electron chi connectivity index (χ4n) is 3.85. The van der Waals surface area contributed by atoms with E-state index in [9.17, 15) is 9.59 Å². The van der Waals surface area contributed by atoms with Gasteiger partial charge in [0.2, 0.25) is 17.8 Å². The van der Waals surface area contributed by atoms with Gasteiger partial charge in [0.25, 0.3) is 0 Å². The highest BCUT2D eigenvalue weighted by Gasteiger charge is 2.38. The predicted molar refractivity (Wildman–Crippen MR) is 104 cm³/mol. The smallest absolute Gasteiger partial charge is 0.229 e. The van der Waals surface area contributed by atoms with Gasteiger partial charge in [-0.1, -0.05) is 13.8 Å². The maximum atomic E-state index is 12.3. The van der Waals surface area contributed by atoms with E-state index in [4.69, 9.17) is 0 Å². The number of carbonyl (C=O) groups excluding carboxylic acids is 2. The molecule has 2 saturated heterocycles. The highest BCUT2D eigenvalue weighted by Crippen LogP contribution is 2.35. The second kappa shape index (κ2) is 8.78. The van der Waals surface area contributed by atoms with E-state index in [-0.39, 0.29) is 17.2 Å². The molecule has 2 fully saturated rings. The minimum Gasteiger partial charge on any atom is -0.338 e. The molecule has 3 heterocycles. The van der Waals surface area contributed by atoms with Gasteiger partial charge in [-0.25, -0.2) is 9.97 Å². The van der Waals surface area contributed by atoms with Crippen LogP contribution in [0.15, 0.2) is 18.5 Å². The number of amides is 2. The maximum absolute atomic E-state index is 12.3. The highest BCUT2D eigenvalue weighted by atomic mass is 16.2. The molecule has 0 radical (unpaired) electrons. The summed E-state index contributed by atoms with van der Waals surface area (Å²) in [4.78, 5) is 39.4. The first-order chi connectivity index (χ1) is 13.0. The second-order valence-electron chi connectivity index (χ2n) is 8.04. The molecule has 27 heavy (non-hydrogen) atoms. The molecule has 7 heteroatoms. The van der Waals surface area contributed by atoms with Crippen LogP contribution in [-0.4, -0.2) is 70.9 Å². The Bertz CT molecular complexity index is 625. The monoisotopic (exact) mass is 373 g/mol. The number of unbranched alkanes of at least 4 members (excludes halogenated alkanes) is 1. The molecule has 0 bridgehead atoms. The van der Waals surface area contributed by atoms with Gasteiger partial charge in [0.15, 0.2) is 0 Å². The number of piperazine rings is 1. The Kier molecular flexibility index (Phi) is 6.42. The molecule has 1 aromatic rings. The van der Waals surface area contributed by atoms with Gasteiger partial charge < -0.3 is 4.90 Å². The minimum absolute atomic E-state index is 0.00655. The number of imide groups is 1. The summed E-state index contributed by atoms with van der Waals surface area (Å²) in [6, 6.07) is 1.83. The van der Waals surface area contributed by atoms with Crippen molar-refractivity contribution in [1.29, 1.82) is 0 Å². The molecule has 148 valence electrons. The van der Waals surface area contributed by atoms with E-state index in [1.165, 1.54) is 4.90 Å². The van der Waals surface area contributed by atoms with Crippen molar-refractivity contribution < 1.29 is 9.59 Å². The number of rotatable bonds is 7. The number of anilines is 1. The Labute approximate surface area is 161 Å². The Morgan fingerprint density at radius 1 is 0.963 bits per heavy atom. The number of nitrogens with zero attached hydrogens (tertiary/aromatic N) is 5. The molecule has 0 N–H and O–H groups in total. The van der Waals surface area contributed by atoms with E-state index in [2.05, 4.69) is 26.7 Å². The van der Waals surface area contributed by atoms with Gasteiger partial charge in [0.05, 0.1) is 0 Å². The Morgan fingerprint density at radius 2 is 1.56 bits per heavy atom. The van der Waals surface area contributed by atoms with E-state index >= 15 is 0 Å². The zero-order valence-electron chi connectivity index (χ0n) is 16.6. The quantitative estimate of drug-likeness (QED) is 0.537. The summed E-state index contributed by atoms with van der Waals surface area (Å²) < 4.78 is 0. The lowest BCUT2D eigenvalue weighted by Gasteiger charge is -2.37. The normalized spacial score (nSPS) is 21.0. The summed E-state index contributed by atoms with van der Waals surface area (Å²) in [5.41, 5.74) is -0.146. The predicted octanol–water partition coefficient (Wildman–Crippen LogP) is 1.94. The van der Waals surface area contributed by atoms with E-state index in [1.54, 1.807) is 12.4 Å². The third kappa shape index (κ3) is 5.03. The molecule has 1 aromatic heterocycles. The molecule has 2 aliphatic rings. The van der Waals surface area contributed by atoms with Crippen molar-refractivity contribution in [3.8, 4) is 0 Å². The lowest BCUT2D eigenvalue weighted by atomic mass is 9.77. The zero-order chi connectivity index (χ0) is 19.3. The molecule has 0 atom stereocenters. The molecule has 2 amide bonds. The van der Waals surface area contributed by atoms with E-state index < -0.39 is 0 Å². The van der Waals surface area contributed by atoms with E-state index in [0.29, 0.717) is 19.4 Å². The number of aromatic nitrogens is 2. The van der Waals surface area contributed by atoms with Crippen molar-refractivity contribution >= 4 is 17.8 Å². The standard InChI is InChI=1S/C20H31N5O2/c1-3-20(2)15-17(26)25(18(27)16-20)10-5-4-9-23-11-13-24(14-12-23)19-21-7-6-8-22-19/h6-8H,3-5,9-16H2,1-2H3. The fraction of sp³-hybridized carbons (Fsp3) is 0.700. The molecule has 0 spiro atoms. The van der Waals surface area contributed by atoms with Crippen molar-refractivity contribution in [3.05, 3.63) is 18.5 Å². The molecular formula is C20H31N5O2. The third-order valence-corrected chi connectivity index (χ3v) is 5.93. The van der Waals surface area contributed by atoms with Crippen molar-refractivity contribution in [3.63, 3.8) is 0 Å². The van der Waals surface area contributed by atoms with Crippen molar-refractivity contribution in [2.45, 2.75) is 46.0 Å². The molecule has 3 rings (SSSR count). The molecule has 0 unspecified atom stereocenters. The average Bonchev–Trinajstić information content (AvgIpc) is 2.68. The number of carbonyl (C=O) groups is 2. The van der Waals surface area contributed by atoms with E-state index in [1.807, 2.05) is 13.0 Å². The summed E-state index contributed by atoms with van der Waals surface area (Å²) in [5, 5.41) is 0. The molecule has 0 aliphatic carbocycles. The molecular weight excluding hydrogens is 342 g/mol. The fourth-order valence-corrected chi connectivity index (χ4v) is 3.85. The van der Waals surface area contributed by atoms with Crippen LogP contribution in [0.3, 0.4) is 0 Å². The van der Waals surface area contributed by atoms with Gasteiger partial charge in [-0.3, -0.25) is 19.4 Å². The van der Waals surface area contributed by atoms with Crippen LogP contribution in [0.1, 0.15) is 46.0 Å². The molecule has 2 aliphatic heterocycles. The Hall–Kier alpha value is -2.02. The van der Waals surface area contributed by atoms with Crippen LogP contribution in [0, 0.1) is 5.41 Å². The van der Waals surface area contributed by atoms with Crippen LogP contribution < -0.4 is 4.90 Å². The first kappa shape index (κ1) is 19.7. The van der Waals surface area contributed by atoms with Crippen LogP contribution in [0.4, 0.5) is 5.95 Å². The van der Waals surface area contributed by atoms with Crippen molar-refractivity contribution in [2.75, 3.05) is 44.2 Å². The third-order valence-electron chi connectivity index (χ3n) is 5.93. The van der Waals surface area contributed by atoms with Gasteiger partial charge in [0.1, 0.15) is 0 Å². The van der Waals surface area contributed by atoms with Gasteiger partial charge >= 0.3 is 0 Å². The number of hydrogen-bond acceptors (Lipinski definition) is 6. The van der Waals surface area contributed by atoms with Gasteiger partial charge in [-0.2, -0.15) is 0 Å². The average molecular weight is 374 g/mol. The first-order valence-corrected chi connectivity index (χ1v) is 10.1. The second-order valence-corrected chi connectivity index (χ2v) is 8.04. The van der Waals surface area contributed by atoms with Crippen LogP contribution in [0.2, 0.25) is 0 Å². The first-order valence-electron chi connectivity index (χ1n) is 10.1. The number of piperidine rings is 1. The Morgan fingerprint density at radius 3 is 2.15 bits per heavy atom.